The third-order valence-corrected chi connectivity index (χ3v) is 1.16. The van der Waals surface area contributed by atoms with Crippen molar-refractivity contribution in [3.63, 3.8) is 0 Å². The van der Waals surface area contributed by atoms with Crippen LogP contribution < -0.4 is 11.2 Å². The highest BCUT2D eigenvalue weighted by Crippen LogP contribution is 1.79. The van der Waals surface area contributed by atoms with Crippen molar-refractivity contribution in [1.82, 2.24) is 10.3 Å². The molecule has 0 amide bonds. The highest BCUT2D eigenvalue weighted by Gasteiger charge is 1.92. The van der Waals surface area contributed by atoms with Crippen LogP contribution in [0.3, 0.4) is 0 Å². The standard InChI is InChI=1S/C6H17N3/c1-3-5-9(7)6-4-8-2/h8H,3-7H2,1-2H3. The van der Waals surface area contributed by atoms with E-state index in [2.05, 4.69) is 12.2 Å². The summed E-state index contributed by atoms with van der Waals surface area (Å²) in [5, 5.41) is 4.87. The van der Waals surface area contributed by atoms with Crippen molar-refractivity contribution < 1.29 is 0 Å². The van der Waals surface area contributed by atoms with Crippen molar-refractivity contribution >= 4 is 0 Å². The minimum Gasteiger partial charge on any atom is -0.318 e. The lowest BCUT2D eigenvalue weighted by molar-refractivity contribution is 0.285. The van der Waals surface area contributed by atoms with Crippen molar-refractivity contribution in [1.29, 1.82) is 0 Å². The van der Waals surface area contributed by atoms with Gasteiger partial charge in [-0.3, -0.25) is 5.84 Å². The largest absolute Gasteiger partial charge is 0.318 e. The molecule has 3 nitrogen and oxygen atoms in total. The molecule has 0 saturated carbocycles. The summed E-state index contributed by atoms with van der Waals surface area (Å²) in [6, 6.07) is 0. The third kappa shape index (κ3) is 5.76. The van der Waals surface area contributed by atoms with Crippen LogP contribution in [0.15, 0.2) is 0 Å². The summed E-state index contributed by atoms with van der Waals surface area (Å²) in [6.45, 7) is 5.02. The first-order valence-electron chi connectivity index (χ1n) is 3.45. The van der Waals surface area contributed by atoms with E-state index in [4.69, 9.17) is 5.84 Å². The summed E-state index contributed by atoms with van der Waals surface area (Å²) in [6.07, 6.45) is 1.13. The van der Waals surface area contributed by atoms with Crippen LogP contribution in [-0.4, -0.2) is 31.7 Å². The molecule has 56 valence electrons. The molecule has 3 heteroatoms. The van der Waals surface area contributed by atoms with E-state index >= 15 is 0 Å². The van der Waals surface area contributed by atoms with Crippen LogP contribution in [0.1, 0.15) is 13.3 Å². The molecule has 0 radical (unpaired) electrons. The van der Waals surface area contributed by atoms with Gasteiger partial charge in [-0.2, -0.15) is 0 Å². The number of nitrogens with one attached hydrogen (secondary N) is 1. The Morgan fingerprint density at radius 2 is 2.11 bits per heavy atom. The molecule has 0 aliphatic carbocycles. The van der Waals surface area contributed by atoms with E-state index in [1.807, 2.05) is 12.1 Å². The Balaban J connectivity index is 2.95. The summed E-state index contributed by atoms with van der Waals surface area (Å²) in [5.74, 6) is 5.56. The Kier molecular flexibility index (Phi) is 5.93. The van der Waals surface area contributed by atoms with Crippen molar-refractivity contribution in [2.75, 3.05) is 26.7 Å². The first kappa shape index (κ1) is 8.88. The second kappa shape index (κ2) is 6.01. The fourth-order valence-corrected chi connectivity index (χ4v) is 0.654. The molecule has 3 N–H and O–H groups in total. The van der Waals surface area contributed by atoms with Gasteiger partial charge in [-0.25, -0.2) is 5.01 Å². The molecule has 9 heavy (non-hydrogen) atoms. The molecule has 0 aromatic rings. The number of hydrogen-bond acceptors (Lipinski definition) is 3. The quantitative estimate of drug-likeness (QED) is 0.401. The Hall–Kier alpha value is -0.120. The van der Waals surface area contributed by atoms with E-state index in [9.17, 15) is 0 Å². The molecule has 0 aliphatic heterocycles. The van der Waals surface area contributed by atoms with Crippen LogP contribution in [0.5, 0.6) is 0 Å². The van der Waals surface area contributed by atoms with E-state index in [1.165, 1.54) is 0 Å². The molecule has 0 heterocycles. The molecule has 0 aliphatic rings. The normalized spacial score (nSPS) is 10.7. The zero-order valence-corrected chi connectivity index (χ0v) is 6.35. The number of rotatable bonds is 5. The van der Waals surface area contributed by atoms with E-state index < -0.39 is 0 Å². The first-order valence-corrected chi connectivity index (χ1v) is 3.45. The first-order chi connectivity index (χ1) is 4.31. The third-order valence-electron chi connectivity index (χ3n) is 1.16. The molecule has 0 saturated heterocycles. The zero-order chi connectivity index (χ0) is 7.11. The number of hydrazine groups is 1. The predicted molar refractivity (Wildman–Crippen MR) is 40.0 cm³/mol. The summed E-state index contributed by atoms with van der Waals surface area (Å²) in [4.78, 5) is 0. The molecule has 0 spiro atoms. The Morgan fingerprint density at radius 1 is 1.44 bits per heavy atom. The molecule has 0 aromatic heterocycles. The van der Waals surface area contributed by atoms with Gasteiger partial charge in [0.05, 0.1) is 0 Å². The average Bonchev–Trinajstić information content (AvgIpc) is 1.85. The van der Waals surface area contributed by atoms with Gasteiger partial charge in [0.25, 0.3) is 0 Å². The van der Waals surface area contributed by atoms with Crippen molar-refractivity contribution in [2.24, 2.45) is 5.84 Å². The van der Waals surface area contributed by atoms with Gasteiger partial charge in [0.15, 0.2) is 0 Å². The Morgan fingerprint density at radius 3 is 2.56 bits per heavy atom. The lowest BCUT2D eigenvalue weighted by atomic mass is 10.4. The molecule has 0 bridgehead atoms. The second-order valence-corrected chi connectivity index (χ2v) is 2.14. The topological polar surface area (TPSA) is 41.3 Å². The van der Waals surface area contributed by atoms with Gasteiger partial charge >= 0.3 is 0 Å². The van der Waals surface area contributed by atoms with Gasteiger partial charge in [0, 0.05) is 19.6 Å². The van der Waals surface area contributed by atoms with Crippen LogP contribution in [0.4, 0.5) is 0 Å². The Bertz CT molecular complexity index is 56.3. The summed E-state index contributed by atoms with van der Waals surface area (Å²) >= 11 is 0. The maximum atomic E-state index is 5.56. The zero-order valence-electron chi connectivity index (χ0n) is 6.35. The summed E-state index contributed by atoms with van der Waals surface area (Å²) < 4.78 is 0. The van der Waals surface area contributed by atoms with Gasteiger partial charge in [-0.15, -0.1) is 0 Å². The minimum atomic E-state index is 0.935. The molecular formula is C6H17N3. The number of nitrogens with zero attached hydrogens (tertiary/aromatic N) is 1. The number of likely N-dealkylation sites (N-methyl/N-ethyl adjacent to an activating group) is 1. The van der Waals surface area contributed by atoms with Gasteiger partial charge in [0.2, 0.25) is 0 Å². The van der Waals surface area contributed by atoms with Gasteiger partial charge in [0.1, 0.15) is 0 Å². The maximum absolute atomic E-state index is 5.56. The van der Waals surface area contributed by atoms with E-state index in [0.29, 0.717) is 0 Å². The highest BCUT2D eigenvalue weighted by atomic mass is 15.4. The predicted octanol–water partition coefficient (Wildman–Crippen LogP) is -0.208. The summed E-state index contributed by atoms with van der Waals surface area (Å²) in [5.41, 5.74) is 0. The van der Waals surface area contributed by atoms with Crippen LogP contribution in [0, 0.1) is 0 Å². The van der Waals surface area contributed by atoms with Gasteiger partial charge in [-0.05, 0) is 13.5 Å². The second-order valence-electron chi connectivity index (χ2n) is 2.14. The van der Waals surface area contributed by atoms with E-state index in [0.717, 1.165) is 26.1 Å². The van der Waals surface area contributed by atoms with Gasteiger partial charge < -0.3 is 5.32 Å². The van der Waals surface area contributed by atoms with Crippen LogP contribution in [0.25, 0.3) is 0 Å². The van der Waals surface area contributed by atoms with Gasteiger partial charge in [-0.1, -0.05) is 6.92 Å². The lowest BCUT2D eigenvalue weighted by Gasteiger charge is -2.13. The molecule has 0 unspecified atom stereocenters. The van der Waals surface area contributed by atoms with E-state index in [-0.39, 0.29) is 0 Å². The van der Waals surface area contributed by atoms with E-state index in [1.54, 1.807) is 0 Å². The molecule has 0 atom stereocenters. The molecule has 0 rings (SSSR count). The Labute approximate surface area is 57.2 Å². The fourth-order valence-electron chi connectivity index (χ4n) is 0.654. The van der Waals surface area contributed by atoms with Crippen molar-refractivity contribution in [3.8, 4) is 0 Å². The monoisotopic (exact) mass is 131 g/mol. The van der Waals surface area contributed by atoms with Crippen molar-refractivity contribution in [2.45, 2.75) is 13.3 Å². The summed E-state index contributed by atoms with van der Waals surface area (Å²) in [7, 11) is 1.93. The van der Waals surface area contributed by atoms with Crippen LogP contribution in [-0.2, 0) is 0 Å². The van der Waals surface area contributed by atoms with Crippen molar-refractivity contribution in [3.05, 3.63) is 0 Å². The minimum absolute atomic E-state index is 0.935. The number of nitrogens with two attached hydrogens (primary N) is 1. The molecular weight excluding hydrogens is 114 g/mol. The maximum Gasteiger partial charge on any atom is 0.0253 e. The highest BCUT2D eigenvalue weighted by molar-refractivity contribution is 4.47. The number of hydrogen-bond donors (Lipinski definition) is 2. The average molecular weight is 131 g/mol. The lowest BCUT2D eigenvalue weighted by Crippen LogP contribution is -2.36. The van der Waals surface area contributed by atoms with Crippen LogP contribution in [0.2, 0.25) is 0 Å². The SMILES string of the molecule is CCCN(N)CCNC. The fraction of sp³-hybridized carbons (Fsp3) is 1.00. The smallest absolute Gasteiger partial charge is 0.0253 e. The van der Waals surface area contributed by atoms with Crippen LogP contribution >= 0.6 is 0 Å². The molecule has 0 aromatic carbocycles. The molecule has 0 fully saturated rings.